The van der Waals surface area contributed by atoms with Crippen LogP contribution in [0, 0.1) is 0 Å². The van der Waals surface area contributed by atoms with Crippen molar-refractivity contribution in [3.8, 4) is 0 Å². The van der Waals surface area contributed by atoms with Gasteiger partial charge in [-0.25, -0.2) is 0 Å². The minimum absolute atomic E-state index is 0.385. The Morgan fingerprint density at radius 1 is 1.44 bits per heavy atom. The maximum Gasteiger partial charge on any atom is 0.188 e. The van der Waals surface area contributed by atoms with Gasteiger partial charge in [0.25, 0.3) is 0 Å². The maximum atomic E-state index is 10.2. The van der Waals surface area contributed by atoms with E-state index in [9.17, 15) is 5.11 Å². The molecule has 0 aromatic carbocycles. The molecule has 0 unspecified atom stereocenters. The summed E-state index contributed by atoms with van der Waals surface area (Å²) in [5, 5.41) is 13.1. The number of nitrogens with zero attached hydrogens (tertiary/aromatic N) is 1. The molecule has 0 atom stereocenters. The fourth-order valence-corrected chi connectivity index (χ4v) is 1.94. The second-order valence-electron chi connectivity index (χ2n) is 4.41. The SMILES string of the molecule is COCCNC(N)=NCC1(O)CCCCC1. The topological polar surface area (TPSA) is 79.9 Å². The Morgan fingerprint density at radius 3 is 2.75 bits per heavy atom. The highest BCUT2D eigenvalue weighted by Crippen LogP contribution is 2.27. The fraction of sp³-hybridized carbons (Fsp3) is 0.909. The van der Waals surface area contributed by atoms with Crippen molar-refractivity contribution in [3.63, 3.8) is 0 Å². The Morgan fingerprint density at radius 2 is 2.12 bits per heavy atom. The number of aliphatic imine (C=N–C) groups is 1. The summed E-state index contributed by atoms with van der Waals surface area (Å²) in [7, 11) is 1.64. The number of rotatable bonds is 5. The molecule has 1 fully saturated rings. The molecule has 1 aliphatic rings. The van der Waals surface area contributed by atoms with E-state index in [0.717, 1.165) is 25.7 Å². The molecular formula is C11H23N3O2. The van der Waals surface area contributed by atoms with E-state index in [4.69, 9.17) is 10.5 Å². The van der Waals surface area contributed by atoms with Crippen LogP contribution in [0.15, 0.2) is 4.99 Å². The Kier molecular flexibility index (Phi) is 5.55. The lowest BCUT2D eigenvalue weighted by Gasteiger charge is -2.30. The number of methoxy groups -OCH3 is 1. The van der Waals surface area contributed by atoms with Gasteiger partial charge in [0.05, 0.1) is 18.8 Å². The van der Waals surface area contributed by atoms with Crippen LogP contribution >= 0.6 is 0 Å². The zero-order chi connectivity index (χ0) is 11.9. The van der Waals surface area contributed by atoms with Crippen molar-refractivity contribution in [2.45, 2.75) is 37.7 Å². The van der Waals surface area contributed by atoms with E-state index < -0.39 is 5.60 Å². The van der Waals surface area contributed by atoms with Gasteiger partial charge in [0, 0.05) is 13.7 Å². The van der Waals surface area contributed by atoms with Gasteiger partial charge >= 0.3 is 0 Å². The molecule has 1 saturated carbocycles. The summed E-state index contributed by atoms with van der Waals surface area (Å²) in [6.07, 6.45) is 5.06. The van der Waals surface area contributed by atoms with Crippen LogP contribution in [0.1, 0.15) is 32.1 Å². The second-order valence-corrected chi connectivity index (χ2v) is 4.41. The third-order valence-electron chi connectivity index (χ3n) is 2.94. The quantitative estimate of drug-likeness (QED) is 0.358. The predicted molar refractivity (Wildman–Crippen MR) is 64.4 cm³/mol. The maximum absolute atomic E-state index is 10.2. The highest BCUT2D eigenvalue weighted by Gasteiger charge is 2.28. The summed E-state index contributed by atoms with van der Waals surface area (Å²) in [4.78, 5) is 4.17. The molecule has 0 amide bonds. The Labute approximate surface area is 97.1 Å². The van der Waals surface area contributed by atoms with Crippen molar-refractivity contribution in [3.05, 3.63) is 0 Å². The van der Waals surface area contributed by atoms with Crippen molar-refractivity contribution in [2.75, 3.05) is 26.8 Å². The number of aliphatic hydroxyl groups is 1. The minimum Gasteiger partial charge on any atom is -0.388 e. The summed E-state index contributed by atoms with van der Waals surface area (Å²) in [5.41, 5.74) is 5.03. The summed E-state index contributed by atoms with van der Waals surface area (Å²) in [6, 6.07) is 0. The van der Waals surface area contributed by atoms with Gasteiger partial charge in [0.1, 0.15) is 0 Å². The molecule has 5 heteroatoms. The van der Waals surface area contributed by atoms with E-state index in [1.807, 2.05) is 0 Å². The van der Waals surface area contributed by atoms with Gasteiger partial charge in [0.15, 0.2) is 5.96 Å². The summed E-state index contributed by atoms with van der Waals surface area (Å²) in [6.45, 7) is 1.64. The number of nitrogens with two attached hydrogens (primary N) is 1. The number of guanidine groups is 1. The van der Waals surface area contributed by atoms with Crippen molar-refractivity contribution >= 4 is 5.96 Å². The molecule has 94 valence electrons. The largest absolute Gasteiger partial charge is 0.388 e. The van der Waals surface area contributed by atoms with Crippen LogP contribution in [0.3, 0.4) is 0 Å². The molecule has 1 aliphatic carbocycles. The number of hydrogen-bond donors (Lipinski definition) is 3. The molecular weight excluding hydrogens is 206 g/mol. The molecule has 0 aromatic rings. The molecule has 0 spiro atoms. The van der Waals surface area contributed by atoms with Crippen LogP contribution in [0.2, 0.25) is 0 Å². The van der Waals surface area contributed by atoms with Gasteiger partial charge in [0.2, 0.25) is 0 Å². The van der Waals surface area contributed by atoms with Crippen molar-refractivity contribution in [1.82, 2.24) is 5.32 Å². The predicted octanol–water partition coefficient (Wildman–Crippen LogP) is 0.232. The third kappa shape index (κ3) is 4.81. The summed E-state index contributed by atoms with van der Waals surface area (Å²) < 4.78 is 4.88. The molecule has 1 rings (SSSR count). The van der Waals surface area contributed by atoms with Gasteiger partial charge in [-0.3, -0.25) is 4.99 Å². The highest BCUT2D eigenvalue weighted by atomic mass is 16.5. The number of nitrogens with one attached hydrogen (secondary N) is 1. The normalized spacial score (nSPS) is 20.8. The number of hydrogen-bond acceptors (Lipinski definition) is 3. The second kappa shape index (κ2) is 6.70. The average molecular weight is 229 g/mol. The Bertz CT molecular complexity index is 225. The summed E-state index contributed by atoms with van der Waals surface area (Å²) >= 11 is 0. The number of ether oxygens (including phenoxy) is 1. The first-order valence-corrected chi connectivity index (χ1v) is 5.91. The van der Waals surface area contributed by atoms with E-state index in [1.165, 1.54) is 6.42 Å². The lowest BCUT2D eigenvalue weighted by Crippen LogP contribution is -2.39. The molecule has 0 bridgehead atoms. The van der Waals surface area contributed by atoms with E-state index in [2.05, 4.69) is 10.3 Å². The van der Waals surface area contributed by atoms with Gasteiger partial charge in [-0.2, -0.15) is 0 Å². The third-order valence-corrected chi connectivity index (χ3v) is 2.94. The Hall–Kier alpha value is -0.810. The first-order chi connectivity index (χ1) is 7.66. The van der Waals surface area contributed by atoms with Crippen molar-refractivity contribution in [2.24, 2.45) is 10.7 Å². The molecule has 16 heavy (non-hydrogen) atoms. The van der Waals surface area contributed by atoms with Gasteiger partial charge in [-0.15, -0.1) is 0 Å². The Balaban J connectivity index is 2.27. The highest BCUT2D eigenvalue weighted by molar-refractivity contribution is 5.77. The molecule has 4 N–H and O–H groups in total. The standard InChI is InChI=1S/C11H23N3O2/c1-16-8-7-13-10(12)14-9-11(15)5-3-2-4-6-11/h15H,2-9H2,1H3,(H3,12,13,14). The van der Waals surface area contributed by atoms with Gasteiger partial charge in [-0.1, -0.05) is 19.3 Å². The molecule has 0 heterocycles. The van der Waals surface area contributed by atoms with Crippen LogP contribution in [0.25, 0.3) is 0 Å². The van der Waals surface area contributed by atoms with E-state index in [0.29, 0.717) is 25.7 Å². The minimum atomic E-state index is -0.633. The lowest BCUT2D eigenvalue weighted by atomic mass is 9.85. The smallest absolute Gasteiger partial charge is 0.188 e. The molecule has 0 radical (unpaired) electrons. The lowest BCUT2D eigenvalue weighted by molar-refractivity contribution is 0.0132. The van der Waals surface area contributed by atoms with Crippen molar-refractivity contribution < 1.29 is 9.84 Å². The van der Waals surface area contributed by atoms with Crippen LogP contribution in [-0.4, -0.2) is 43.5 Å². The van der Waals surface area contributed by atoms with E-state index >= 15 is 0 Å². The molecule has 5 nitrogen and oxygen atoms in total. The van der Waals surface area contributed by atoms with Crippen LogP contribution in [0.5, 0.6) is 0 Å². The molecule has 0 saturated heterocycles. The van der Waals surface area contributed by atoms with Gasteiger partial charge < -0.3 is 20.9 Å². The zero-order valence-electron chi connectivity index (χ0n) is 10.0. The monoisotopic (exact) mass is 229 g/mol. The fourth-order valence-electron chi connectivity index (χ4n) is 1.94. The van der Waals surface area contributed by atoms with E-state index in [1.54, 1.807) is 7.11 Å². The van der Waals surface area contributed by atoms with E-state index in [-0.39, 0.29) is 0 Å². The average Bonchev–Trinajstić information content (AvgIpc) is 2.28. The van der Waals surface area contributed by atoms with Crippen LogP contribution < -0.4 is 11.1 Å². The van der Waals surface area contributed by atoms with Crippen LogP contribution in [0.4, 0.5) is 0 Å². The van der Waals surface area contributed by atoms with Crippen LogP contribution in [-0.2, 0) is 4.74 Å². The summed E-state index contributed by atoms with van der Waals surface area (Å²) in [5.74, 6) is 0.385. The van der Waals surface area contributed by atoms with Crippen molar-refractivity contribution in [1.29, 1.82) is 0 Å². The molecule has 0 aromatic heterocycles. The first kappa shape index (κ1) is 13.3. The first-order valence-electron chi connectivity index (χ1n) is 5.91. The van der Waals surface area contributed by atoms with Gasteiger partial charge in [-0.05, 0) is 12.8 Å². The molecule has 0 aliphatic heterocycles. The zero-order valence-corrected chi connectivity index (χ0v) is 10.0.